The number of fused-ring (bicyclic) bond motifs is 3. The third-order valence-corrected chi connectivity index (χ3v) is 6.70. The average molecular weight is 436 g/mol. The molecule has 1 aliphatic heterocycles. The normalized spacial score (nSPS) is 12.5. The van der Waals surface area contributed by atoms with Crippen molar-refractivity contribution in [3.8, 4) is 0 Å². The largest absolute Gasteiger partial charge is 0.459 e. The van der Waals surface area contributed by atoms with Crippen molar-refractivity contribution < 1.29 is 9.53 Å². The van der Waals surface area contributed by atoms with Crippen molar-refractivity contribution in [1.29, 1.82) is 0 Å². The van der Waals surface area contributed by atoms with E-state index < -0.39 is 0 Å². The van der Waals surface area contributed by atoms with Crippen LogP contribution in [0.3, 0.4) is 0 Å². The van der Waals surface area contributed by atoms with Crippen LogP contribution in [0.1, 0.15) is 12.1 Å². The highest BCUT2D eigenvalue weighted by Crippen LogP contribution is 2.47. The minimum absolute atomic E-state index is 0.00843. The van der Waals surface area contributed by atoms with Crippen LogP contribution in [0.2, 0.25) is 0 Å². The topological polar surface area (TPSA) is 63.9 Å². The standard InChI is InChI=1S/C22H17N3O3S2/c26-20-13-15(23-22-25(20)11-12-29-22)14-28-21(27)9-10-24-16-5-1-3-7-18(16)30-19-8-4-2-6-17(19)24/h1-8,11-13H,9-10,14H2. The number of thiazole rings is 1. The number of aromatic nitrogens is 2. The van der Waals surface area contributed by atoms with Gasteiger partial charge in [-0.25, -0.2) is 4.98 Å². The molecule has 0 amide bonds. The molecule has 0 aliphatic carbocycles. The minimum atomic E-state index is -0.323. The Morgan fingerprint density at radius 1 is 1.03 bits per heavy atom. The van der Waals surface area contributed by atoms with Gasteiger partial charge in [0.05, 0.1) is 23.5 Å². The summed E-state index contributed by atoms with van der Waals surface area (Å²) >= 11 is 3.10. The van der Waals surface area contributed by atoms with Gasteiger partial charge in [0.1, 0.15) is 6.61 Å². The Kier molecular flexibility index (Phi) is 5.02. The number of carbonyl (C=O) groups excluding carboxylic acids is 1. The Morgan fingerprint density at radius 2 is 1.73 bits per heavy atom. The van der Waals surface area contributed by atoms with E-state index in [1.165, 1.54) is 31.6 Å². The fourth-order valence-corrected chi connectivity index (χ4v) is 5.25. The number of hydrogen-bond donors (Lipinski definition) is 0. The predicted octanol–water partition coefficient (Wildman–Crippen LogP) is 4.49. The van der Waals surface area contributed by atoms with E-state index >= 15 is 0 Å². The van der Waals surface area contributed by atoms with Crippen LogP contribution in [0.25, 0.3) is 4.96 Å². The van der Waals surface area contributed by atoms with E-state index in [0.29, 0.717) is 17.2 Å². The summed E-state index contributed by atoms with van der Waals surface area (Å²) in [5, 5.41) is 1.80. The molecule has 0 saturated heterocycles. The highest BCUT2D eigenvalue weighted by molar-refractivity contribution is 7.99. The Hall–Kier alpha value is -3.10. The molecule has 4 aromatic rings. The van der Waals surface area contributed by atoms with Crippen molar-refractivity contribution in [3.05, 3.63) is 82.2 Å². The maximum Gasteiger partial charge on any atom is 0.307 e. The van der Waals surface area contributed by atoms with Crippen LogP contribution >= 0.6 is 23.1 Å². The molecular weight excluding hydrogens is 418 g/mol. The van der Waals surface area contributed by atoms with Crippen molar-refractivity contribution in [2.24, 2.45) is 0 Å². The highest BCUT2D eigenvalue weighted by atomic mass is 32.2. The van der Waals surface area contributed by atoms with Crippen molar-refractivity contribution in [1.82, 2.24) is 9.38 Å². The molecule has 0 radical (unpaired) electrons. The lowest BCUT2D eigenvalue weighted by Crippen LogP contribution is -2.24. The zero-order valence-electron chi connectivity index (χ0n) is 15.9. The number of hydrogen-bond acceptors (Lipinski definition) is 7. The van der Waals surface area contributed by atoms with Crippen LogP contribution in [-0.2, 0) is 16.1 Å². The first kappa shape index (κ1) is 18.9. The fraction of sp³-hybridized carbons (Fsp3) is 0.136. The number of anilines is 2. The number of nitrogens with zero attached hydrogens (tertiary/aromatic N) is 3. The summed E-state index contributed by atoms with van der Waals surface area (Å²) in [4.78, 5) is 33.9. The second-order valence-electron chi connectivity index (χ2n) is 6.74. The summed E-state index contributed by atoms with van der Waals surface area (Å²) in [6, 6.07) is 17.8. The van der Waals surface area contributed by atoms with E-state index in [4.69, 9.17) is 4.74 Å². The molecule has 0 spiro atoms. The number of ether oxygens (including phenoxy) is 1. The third-order valence-electron chi connectivity index (χ3n) is 4.81. The monoisotopic (exact) mass is 435 g/mol. The second kappa shape index (κ2) is 7.97. The first-order chi connectivity index (χ1) is 14.7. The van der Waals surface area contributed by atoms with Gasteiger partial charge in [0, 0.05) is 34.0 Å². The smallest absolute Gasteiger partial charge is 0.307 e. The van der Waals surface area contributed by atoms with Crippen molar-refractivity contribution in [3.63, 3.8) is 0 Å². The van der Waals surface area contributed by atoms with Gasteiger partial charge in [-0.3, -0.25) is 14.0 Å². The lowest BCUT2D eigenvalue weighted by atomic mass is 10.2. The summed E-state index contributed by atoms with van der Waals surface area (Å²) in [6.45, 7) is 0.499. The van der Waals surface area contributed by atoms with Gasteiger partial charge < -0.3 is 9.64 Å². The maximum absolute atomic E-state index is 12.4. The van der Waals surface area contributed by atoms with E-state index in [1.54, 1.807) is 23.3 Å². The van der Waals surface area contributed by atoms with Gasteiger partial charge >= 0.3 is 5.97 Å². The first-order valence-corrected chi connectivity index (χ1v) is 11.1. The van der Waals surface area contributed by atoms with Gasteiger partial charge in [-0.1, -0.05) is 36.0 Å². The lowest BCUT2D eigenvalue weighted by Gasteiger charge is -2.32. The number of carbonyl (C=O) groups is 1. The molecule has 0 atom stereocenters. The molecule has 2 aromatic carbocycles. The lowest BCUT2D eigenvalue weighted by molar-refractivity contribution is -0.144. The molecule has 150 valence electrons. The van der Waals surface area contributed by atoms with Gasteiger partial charge in [0.15, 0.2) is 4.96 Å². The van der Waals surface area contributed by atoms with E-state index in [1.807, 2.05) is 24.3 Å². The Balaban J connectivity index is 1.28. The van der Waals surface area contributed by atoms with Crippen LogP contribution < -0.4 is 10.5 Å². The van der Waals surface area contributed by atoms with Gasteiger partial charge in [-0.15, -0.1) is 11.3 Å². The number of rotatable bonds is 5. The van der Waals surface area contributed by atoms with Crippen molar-refractivity contribution in [2.75, 3.05) is 11.4 Å². The molecule has 3 heterocycles. The molecule has 8 heteroatoms. The molecule has 0 bridgehead atoms. The fourth-order valence-electron chi connectivity index (χ4n) is 3.41. The summed E-state index contributed by atoms with van der Waals surface area (Å²) in [7, 11) is 0. The van der Waals surface area contributed by atoms with Crippen LogP contribution in [-0.4, -0.2) is 21.9 Å². The SMILES string of the molecule is O=C(CCN1c2ccccc2Sc2ccccc21)OCc1cc(=O)n2ccsc2n1. The molecule has 5 rings (SSSR count). The minimum Gasteiger partial charge on any atom is -0.459 e. The van der Waals surface area contributed by atoms with Crippen LogP contribution in [0.15, 0.2) is 80.8 Å². The number of para-hydroxylation sites is 2. The third kappa shape index (κ3) is 3.59. The molecule has 30 heavy (non-hydrogen) atoms. The first-order valence-electron chi connectivity index (χ1n) is 9.44. The quantitative estimate of drug-likeness (QED) is 0.431. The van der Waals surface area contributed by atoms with E-state index in [-0.39, 0.29) is 24.6 Å². The Bertz CT molecular complexity index is 1250. The molecule has 0 saturated carbocycles. The Morgan fingerprint density at radius 3 is 2.47 bits per heavy atom. The summed E-state index contributed by atoms with van der Waals surface area (Å²) in [5.41, 5.74) is 2.46. The highest BCUT2D eigenvalue weighted by Gasteiger charge is 2.23. The molecule has 0 unspecified atom stereocenters. The number of benzene rings is 2. The van der Waals surface area contributed by atoms with Crippen LogP contribution in [0.5, 0.6) is 0 Å². The predicted molar refractivity (Wildman–Crippen MR) is 118 cm³/mol. The van der Waals surface area contributed by atoms with Gasteiger partial charge in [0.2, 0.25) is 0 Å². The second-order valence-corrected chi connectivity index (χ2v) is 8.70. The molecule has 0 N–H and O–H groups in total. The molecule has 0 fully saturated rings. The van der Waals surface area contributed by atoms with E-state index in [2.05, 4.69) is 34.1 Å². The van der Waals surface area contributed by atoms with Crippen LogP contribution in [0, 0.1) is 0 Å². The van der Waals surface area contributed by atoms with Crippen molar-refractivity contribution >= 4 is 45.4 Å². The molecule has 1 aliphatic rings. The van der Waals surface area contributed by atoms with Gasteiger partial charge in [0.25, 0.3) is 5.56 Å². The molecular formula is C22H17N3O3S2. The zero-order valence-corrected chi connectivity index (χ0v) is 17.5. The van der Waals surface area contributed by atoms with E-state index in [9.17, 15) is 9.59 Å². The van der Waals surface area contributed by atoms with Gasteiger partial charge in [-0.2, -0.15) is 0 Å². The average Bonchev–Trinajstić information content (AvgIpc) is 3.24. The summed E-state index contributed by atoms with van der Waals surface area (Å²) in [6.07, 6.45) is 1.91. The molecule has 2 aromatic heterocycles. The van der Waals surface area contributed by atoms with Crippen molar-refractivity contribution in [2.45, 2.75) is 22.8 Å². The Labute approximate surface area is 180 Å². The number of esters is 1. The maximum atomic E-state index is 12.4. The molecule has 6 nitrogen and oxygen atoms in total. The zero-order chi connectivity index (χ0) is 20.5. The van der Waals surface area contributed by atoms with Crippen LogP contribution in [0.4, 0.5) is 11.4 Å². The van der Waals surface area contributed by atoms with Gasteiger partial charge in [-0.05, 0) is 24.3 Å². The summed E-state index contributed by atoms with van der Waals surface area (Å²) < 4.78 is 6.87. The summed E-state index contributed by atoms with van der Waals surface area (Å²) in [5.74, 6) is -0.323. The van der Waals surface area contributed by atoms with E-state index in [0.717, 1.165) is 11.4 Å².